The second-order valence-corrected chi connectivity index (χ2v) is 11.3. The molecular weight excluding hydrogens is 514 g/mol. The second-order valence-electron chi connectivity index (χ2n) is 9.55. The fraction of sp³-hybridized carbons (Fsp3) is 0.308. The summed E-state index contributed by atoms with van der Waals surface area (Å²) in [6, 6.07) is 9.78. The molecule has 3 aliphatic rings. The molecule has 38 heavy (non-hydrogen) atoms. The highest BCUT2D eigenvalue weighted by molar-refractivity contribution is 7.91. The summed E-state index contributed by atoms with van der Waals surface area (Å²) >= 11 is -0.526. The van der Waals surface area contributed by atoms with E-state index in [1.165, 1.54) is 6.07 Å². The van der Waals surface area contributed by atoms with Crippen LogP contribution < -0.4 is 15.0 Å². The molecule has 1 fully saturated rings. The van der Waals surface area contributed by atoms with Crippen LogP contribution in [0.3, 0.4) is 0 Å². The molecule has 9 nitrogen and oxygen atoms in total. The SMILES string of the molecule is O=C1N[C@@H]2C[C@H](c3c(OC(F)F)cccc31)n1c2nc2ccc(-c3cnc(N4CC[S+](O)CC4)nc3)cc21. The fourth-order valence-electron chi connectivity index (χ4n) is 5.67. The summed E-state index contributed by atoms with van der Waals surface area (Å²) in [4.78, 5) is 28.9. The number of halogens is 2. The number of benzene rings is 2. The lowest BCUT2D eigenvalue weighted by Crippen LogP contribution is -2.41. The molecule has 7 rings (SSSR count). The summed E-state index contributed by atoms with van der Waals surface area (Å²) in [5, 5.41) is 3.01. The Kier molecular flexibility index (Phi) is 5.48. The first-order chi connectivity index (χ1) is 18.5. The van der Waals surface area contributed by atoms with Crippen LogP contribution in [-0.4, -0.2) is 61.2 Å². The average molecular weight is 538 g/mol. The van der Waals surface area contributed by atoms with Crippen LogP contribution in [0.2, 0.25) is 0 Å². The molecule has 1 saturated heterocycles. The lowest BCUT2D eigenvalue weighted by molar-refractivity contribution is -0.0507. The molecule has 3 aliphatic heterocycles. The van der Waals surface area contributed by atoms with Gasteiger partial charge in [0.15, 0.2) is 11.5 Å². The van der Waals surface area contributed by atoms with E-state index in [1.807, 2.05) is 22.8 Å². The van der Waals surface area contributed by atoms with Gasteiger partial charge in [0.25, 0.3) is 5.91 Å². The predicted octanol–water partition coefficient (Wildman–Crippen LogP) is 3.78. The maximum absolute atomic E-state index is 13.3. The van der Waals surface area contributed by atoms with Crippen molar-refractivity contribution in [3.8, 4) is 16.9 Å². The van der Waals surface area contributed by atoms with Crippen LogP contribution in [-0.2, 0) is 11.2 Å². The van der Waals surface area contributed by atoms with Crippen molar-refractivity contribution >= 4 is 34.1 Å². The van der Waals surface area contributed by atoms with E-state index >= 15 is 0 Å². The van der Waals surface area contributed by atoms with Gasteiger partial charge in [-0.05, 0) is 36.2 Å². The molecule has 0 spiro atoms. The summed E-state index contributed by atoms with van der Waals surface area (Å²) in [5.41, 5.74) is 4.06. The maximum atomic E-state index is 13.3. The van der Waals surface area contributed by atoms with Crippen LogP contribution in [0, 0.1) is 0 Å². The molecule has 2 atom stereocenters. The number of carbonyl (C=O) groups excluding carboxylic acids is 1. The summed E-state index contributed by atoms with van der Waals surface area (Å²) in [7, 11) is 0. The standard InChI is InChI=1S/C26H22F2N6O3S/c27-25(28)37-21-3-1-2-16-22(21)20-11-18(32-24(16)35)23-31-17-5-4-14(10-19(17)34(20)23)15-12-29-26(30-13-15)33-6-8-38(36)9-7-33/h1-5,10,12-13,18,20,25,36H,6-9,11H2/p+1/t18-,20-/m1/s1. The highest BCUT2D eigenvalue weighted by Gasteiger charge is 2.42. The van der Waals surface area contributed by atoms with Crippen molar-refractivity contribution in [2.24, 2.45) is 0 Å². The van der Waals surface area contributed by atoms with E-state index in [9.17, 15) is 18.1 Å². The first-order valence-electron chi connectivity index (χ1n) is 12.3. The number of carbonyl (C=O) groups is 1. The van der Waals surface area contributed by atoms with Gasteiger partial charge in [-0.2, -0.15) is 13.3 Å². The normalized spacial score (nSPS) is 20.8. The lowest BCUT2D eigenvalue weighted by atomic mass is 9.97. The maximum Gasteiger partial charge on any atom is 0.387 e. The van der Waals surface area contributed by atoms with E-state index in [0.717, 1.165) is 46.8 Å². The van der Waals surface area contributed by atoms with Crippen molar-refractivity contribution in [2.45, 2.75) is 25.1 Å². The molecule has 2 bridgehead atoms. The number of aromatic nitrogens is 4. The number of rotatable bonds is 4. The van der Waals surface area contributed by atoms with E-state index in [0.29, 0.717) is 29.3 Å². The predicted molar refractivity (Wildman–Crippen MR) is 139 cm³/mol. The first-order valence-corrected chi connectivity index (χ1v) is 13.8. The summed E-state index contributed by atoms with van der Waals surface area (Å²) in [6.07, 6.45) is 4.06. The third kappa shape index (κ3) is 3.78. The molecule has 2 aromatic carbocycles. The Labute approximate surface area is 219 Å². The van der Waals surface area contributed by atoms with Gasteiger partial charge in [0.05, 0.1) is 36.2 Å². The number of nitrogens with one attached hydrogen (secondary N) is 1. The van der Waals surface area contributed by atoms with Gasteiger partial charge in [-0.15, -0.1) is 0 Å². The number of amides is 1. The summed E-state index contributed by atoms with van der Waals surface area (Å²) in [6.45, 7) is -1.55. The van der Waals surface area contributed by atoms with Gasteiger partial charge in [-0.3, -0.25) is 4.79 Å². The van der Waals surface area contributed by atoms with Gasteiger partial charge in [0.2, 0.25) is 5.95 Å². The Bertz CT molecular complexity index is 1550. The van der Waals surface area contributed by atoms with Gasteiger partial charge in [0.1, 0.15) is 22.7 Å². The minimum absolute atomic E-state index is 0.00101. The molecular formula is C26H23F2N6O3S+. The molecule has 194 valence electrons. The fourth-order valence-corrected chi connectivity index (χ4v) is 6.73. The zero-order chi connectivity index (χ0) is 26.0. The third-order valence-electron chi connectivity index (χ3n) is 7.41. The number of imidazole rings is 1. The van der Waals surface area contributed by atoms with Crippen LogP contribution in [0.25, 0.3) is 22.2 Å². The number of alkyl halides is 2. The molecule has 0 saturated carbocycles. The molecule has 0 radical (unpaired) electrons. The molecule has 0 aliphatic carbocycles. The zero-order valence-corrected chi connectivity index (χ0v) is 20.9. The first kappa shape index (κ1) is 23.4. The molecule has 2 aromatic heterocycles. The van der Waals surface area contributed by atoms with Crippen molar-refractivity contribution in [3.63, 3.8) is 0 Å². The minimum atomic E-state index is -3.01. The largest absolute Gasteiger partial charge is 0.434 e. The Morgan fingerprint density at radius 1 is 1.11 bits per heavy atom. The highest BCUT2D eigenvalue weighted by Crippen LogP contribution is 2.47. The minimum Gasteiger partial charge on any atom is -0.434 e. The van der Waals surface area contributed by atoms with Gasteiger partial charge >= 0.3 is 6.61 Å². The number of nitrogens with zero attached hydrogens (tertiary/aromatic N) is 5. The Balaban J connectivity index is 1.29. The number of hydrogen-bond donors (Lipinski definition) is 2. The van der Waals surface area contributed by atoms with Crippen LogP contribution in [0.1, 0.15) is 40.3 Å². The number of anilines is 1. The van der Waals surface area contributed by atoms with E-state index in [1.54, 1.807) is 24.5 Å². The van der Waals surface area contributed by atoms with Crippen molar-refractivity contribution in [1.82, 2.24) is 24.8 Å². The van der Waals surface area contributed by atoms with Crippen molar-refractivity contribution in [2.75, 3.05) is 29.5 Å². The molecule has 2 N–H and O–H groups in total. The van der Waals surface area contributed by atoms with Gasteiger partial charge < -0.3 is 19.5 Å². The average Bonchev–Trinajstić information content (AvgIpc) is 3.41. The van der Waals surface area contributed by atoms with Crippen LogP contribution in [0.5, 0.6) is 5.75 Å². The number of fused-ring (bicyclic) bond motifs is 9. The van der Waals surface area contributed by atoms with Gasteiger partial charge in [0, 0.05) is 29.1 Å². The smallest absolute Gasteiger partial charge is 0.387 e. The van der Waals surface area contributed by atoms with Crippen molar-refractivity contribution < 1.29 is 22.9 Å². The molecule has 1 amide bonds. The summed E-state index contributed by atoms with van der Waals surface area (Å²) < 4.78 is 43.2. The van der Waals surface area contributed by atoms with Gasteiger partial charge in [-0.25, -0.2) is 15.0 Å². The van der Waals surface area contributed by atoms with Crippen LogP contribution in [0.4, 0.5) is 14.7 Å². The quantitative estimate of drug-likeness (QED) is 0.382. The van der Waals surface area contributed by atoms with Crippen LogP contribution in [0.15, 0.2) is 48.8 Å². The Morgan fingerprint density at radius 2 is 1.89 bits per heavy atom. The zero-order valence-electron chi connectivity index (χ0n) is 20.1. The van der Waals surface area contributed by atoms with Crippen LogP contribution >= 0.6 is 0 Å². The highest BCUT2D eigenvalue weighted by atomic mass is 32.2. The monoisotopic (exact) mass is 537 g/mol. The Hall–Kier alpha value is -3.77. The van der Waals surface area contributed by atoms with E-state index in [-0.39, 0.29) is 17.7 Å². The second kappa shape index (κ2) is 8.91. The van der Waals surface area contributed by atoms with E-state index in [2.05, 4.69) is 20.2 Å². The molecule has 12 heteroatoms. The number of hydrogen-bond acceptors (Lipinski definition) is 7. The molecule has 5 heterocycles. The topological polar surface area (TPSA) is 105 Å². The van der Waals surface area contributed by atoms with E-state index in [4.69, 9.17) is 9.72 Å². The lowest BCUT2D eigenvalue weighted by Gasteiger charge is -2.24. The van der Waals surface area contributed by atoms with E-state index < -0.39 is 23.8 Å². The van der Waals surface area contributed by atoms with Crippen molar-refractivity contribution in [1.29, 1.82) is 0 Å². The Morgan fingerprint density at radius 3 is 2.66 bits per heavy atom. The molecule has 4 aromatic rings. The van der Waals surface area contributed by atoms with Gasteiger partial charge in [-0.1, -0.05) is 12.1 Å². The third-order valence-corrected chi connectivity index (χ3v) is 8.72. The number of ether oxygens (including phenoxy) is 1. The molecule has 0 unspecified atom stereocenters. The van der Waals surface area contributed by atoms with Crippen molar-refractivity contribution in [3.05, 3.63) is 65.7 Å². The summed E-state index contributed by atoms with van der Waals surface area (Å²) in [5.74, 6) is 2.45.